The average molecular weight is 395 g/mol. The molecule has 0 aromatic heterocycles. The van der Waals surface area contributed by atoms with Gasteiger partial charge in [0.05, 0.1) is 0 Å². The second kappa shape index (κ2) is 8.46. The first kappa shape index (κ1) is 19.8. The molecule has 154 valence electrons. The number of benzene rings is 2. The van der Waals surface area contributed by atoms with Gasteiger partial charge in [0.25, 0.3) is 5.91 Å². The molecule has 2 aliphatic heterocycles. The van der Waals surface area contributed by atoms with E-state index in [1.807, 2.05) is 29.2 Å². The van der Waals surface area contributed by atoms with E-state index in [1.54, 1.807) is 7.11 Å². The van der Waals surface area contributed by atoms with Crippen molar-refractivity contribution in [2.24, 2.45) is 0 Å². The maximum Gasteiger partial charge on any atom is 0.254 e. The first-order valence-electron chi connectivity index (χ1n) is 10.4. The van der Waals surface area contributed by atoms with Crippen LogP contribution in [0.25, 0.3) is 0 Å². The third-order valence-electron chi connectivity index (χ3n) is 5.54. The Morgan fingerprint density at radius 2 is 1.69 bits per heavy atom. The van der Waals surface area contributed by atoms with E-state index < -0.39 is 0 Å². The molecule has 2 heterocycles. The highest BCUT2D eigenvalue weighted by atomic mass is 16.5. The molecule has 5 nitrogen and oxygen atoms in total. The van der Waals surface area contributed by atoms with Crippen molar-refractivity contribution < 1.29 is 19.0 Å². The van der Waals surface area contributed by atoms with Crippen LogP contribution in [0.1, 0.15) is 47.3 Å². The molecular weight excluding hydrogens is 366 g/mol. The highest BCUT2D eigenvalue weighted by molar-refractivity contribution is 5.94. The van der Waals surface area contributed by atoms with Crippen molar-refractivity contribution in [3.8, 4) is 11.5 Å². The number of methoxy groups -OCH3 is 1. The molecule has 0 aliphatic carbocycles. The molecule has 0 spiro atoms. The molecule has 2 aromatic carbocycles. The van der Waals surface area contributed by atoms with Crippen LogP contribution in [0.3, 0.4) is 0 Å². The fraction of sp³-hybridized carbons (Fsp3) is 0.458. The summed E-state index contributed by atoms with van der Waals surface area (Å²) in [6, 6.07) is 12.1. The Morgan fingerprint density at radius 1 is 1.03 bits per heavy atom. The Balaban J connectivity index is 1.53. The number of amides is 1. The second-order valence-electron chi connectivity index (χ2n) is 8.10. The Labute approximate surface area is 172 Å². The van der Waals surface area contributed by atoms with Gasteiger partial charge in [-0.3, -0.25) is 4.79 Å². The minimum Gasteiger partial charge on any atom is -0.490 e. The minimum absolute atomic E-state index is 0.0496. The number of rotatable bonds is 7. The van der Waals surface area contributed by atoms with Crippen molar-refractivity contribution in [1.29, 1.82) is 0 Å². The van der Waals surface area contributed by atoms with E-state index in [0.717, 1.165) is 47.5 Å². The van der Waals surface area contributed by atoms with E-state index in [-0.39, 0.29) is 18.1 Å². The largest absolute Gasteiger partial charge is 0.490 e. The summed E-state index contributed by atoms with van der Waals surface area (Å²) < 4.78 is 16.8. The van der Waals surface area contributed by atoms with Crippen molar-refractivity contribution in [1.82, 2.24) is 4.90 Å². The molecular formula is C24H29NO4. The summed E-state index contributed by atoms with van der Waals surface area (Å²) in [6.45, 7) is 6.00. The summed E-state index contributed by atoms with van der Waals surface area (Å²) in [5.41, 5.74) is 4.19. The van der Waals surface area contributed by atoms with Gasteiger partial charge in [-0.2, -0.15) is 0 Å². The average Bonchev–Trinajstić information content (AvgIpc) is 3.26. The monoisotopic (exact) mass is 395 g/mol. The third-order valence-corrected chi connectivity index (χ3v) is 5.54. The van der Waals surface area contributed by atoms with Crippen LogP contribution in [0.4, 0.5) is 0 Å². The summed E-state index contributed by atoms with van der Waals surface area (Å²) in [5.74, 6) is 1.91. The quantitative estimate of drug-likeness (QED) is 0.665. The van der Waals surface area contributed by atoms with Crippen molar-refractivity contribution in [2.75, 3.05) is 20.3 Å². The van der Waals surface area contributed by atoms with Crippen LogP contribution in [0.2, 0.25) is 0 Å². The molecule has 1 amide bonds. The summed E-state index contributed by atoms with van der Waals surface area (Å²) >= 11 is 0. The van der Waals surface area contributed by atoms with Gasteiger partial charge in [0.15, 0.2) is 0 Å². The number of ether oxygens (including phenoxy) is 3. The molecule has 0 unspecified atom stereocenters. The number of carbonyl (C=O) groups excluding carboxylic acids is 1. The minimum atomic E-state index is 0.0496. The fourth-order valence-corrected chi connectivity index (χ4v) is 4.18. The summed E-state index contributed by atoms with van der Waals surface area (Å²) in [4.78, 5) is 15.2. The van der Waals surface area contributed by atoms with Crippen LogP contribution in [0, 0.1) is 0 Å². The van der Waals surface area contributed by atoms with Crippen LogP contribution < -0.4 is 9.47 Å². The molecule has 4 rings (SSSR count). The summed E-state index contributed by atoms with van der Waals surface area (Å²) in [5, 5.41) is 0. The Kier molecular flexibility index (Phi) is 5.76. The van der Waals surface area contributed by atoms with E-state index in [1.165, 1.54) is 5.56 Å². The highest BCUT2D eigenvalue weighted by Crippen LogP contribution is 2.31. The topological polar surface area (TPSA) is 48.0 Å². The van der Waals surface area contributed by atoms with Crippen LogP contribution in [0.5, 0.6) is 11.5 Å². The standard InChI is InChI=1S/C24H29NO4/c1-16-11-20-13-18(5-7-22(20)28-16)15-25(9-4-10-27-3)24(26)19-6-8-23-21(14-19)12-17(2)29-23/h5-8,13-14,16-17H,4,9-12,15H2,1-3H3/t16-,17-/m1/s1. The van der Waals surface area contributed by atoms with Crippen LogP contribution in [-0.2, 0) is 24.1 Å². The molecule has 2 atom stereocenters. The number of fused-ring (bicyclic) bond motifs is 2. The van der Waals surface area contributed by atoms with Crippen molar-refractivity contribution in [3.05, 3.63) is 58.7 Å². The van der Waals surface area contributed by atoms with E-state index in [0.29, 0.717) is 19.7 Å². The van der Waals surface area contributed by atoms with Crippen molar-refractivity contribution in [3.63, 3.8) is 0 Å². The SMILES string of the molecule is COCCCN(Cc1ccc2c(c1)C[C@@H](C)O2)C(=O)c1ccc2c(c1)C[C@@H](C)O2. The van der Waals surface area contributed by atoms with E-state index in [2.05, 4.69) is 26.0 Å². The van der Waals surface area contributed by atoms with E-state index in [4.69, 9.17) is 14.2 Å². The molecule has 0 fully saturated rings. The van der Waals surface area contributed by atoms with Gasteiger partial charge in [0.2, 0.25) is 0 Å². The van der Waals surface area contributed by atoms with Crippen LogP contribution in [0.15, 0.2) is 36.4 Å². The zero-order valence-electron chi connectivity index (χ0n) is 17.4. The third kappa shape index (κ3) is 4.40. The molecule has 2 aliphatic rings. The molecule has 0 N–H and O–H groups in total. The van der Waals surface area contributed by atoms with Gasteiger partial charge in [0.1, 0.15) is 23.7 Å². The first-order chi connectivity index (χ1) is 14.0. The molecule has 2 aromatic rings. The zero-order chi connectivity index (χ0) is 20.4. The maximum absolute atomic E-state index is 13.3. The van der Waals surface area contributed by atoms with Crippen LogP contribution in [-0.4, -0.2) is 43.3 Å². The van der Waals surface area contributed by atoms with Gasteiger partial charge in [-0.1, -0.05) is 12.1 Å². The Bertz CT molecular complexity index is 894. The van der Waals surface area contributed by atoms with E-state index in [9.17, 15) is 4.79 Å². The van der Waals surface area contributed by atoms with Gasteiger partial charge in [-0.05, 0) is 61.2 Å². The number of hydrogen-bond donors (Lipinski definition) is 0. The molecule has 0 saturated heterocycles. The number of carbonyl (C=O) groups is 1. The normalized spacial score (nSPS) is 19.3. The summed E-state index contributed by atoms with van der Waals surface area (Å²) in [6.07, 6.45) is 2.96. The summed E-state index contributed by atoms with van der Waals surface area (Å²) in [7, 11) is 1.69. The molecule has 0 bridgehead atoms. The van der Waals surface area contributed by atoms with Gasteiger partial charge in [0, 0.05) is 45.2 Å². The predicted octanol–water partition coefficient (Wildman–Crippen LogP) is 4.01. The molecule has 5 heteroatoms. The van der Waals surface area contributed by atoms with E-state index >= 15 is 0 Å². The van der Waals surface area contributed by atoms with Crippen molar-refractivity contribution >= 4 is 5.91 Å². The molecule has 29 heavy (non-hydrogen) atoms. The number of hydrogen-bond acceptors (Lipinski definition) is 4. The van der Waals surface area contributed by atoms with Gasteiger partial charge in [-0.25, -0.2) is 0 Å². The zero-order valence-corrected chi connectivity index (χ0v) is 17.4. The lowest BCUT2D eigenvalue weighted by atomic mass is 10.0. The molecule has 0 radical (unpaired) electrons. The van der Waals surface area contributed by atoms with Crippen molar-refractivity contribution in [2.45, 2.75) is 51.9 Å². The Hall–Kier alpha value is -2.53. The second-order valence-corrected chi connectivity index (χ2v) is 8.10. The fourth-order valence-electron chi connectivity index (χ4n) is 4.18. The highest BCUT2D eigenvalue weighted by Gasteiger charge is 2.24. The van der Waals surface area contributed by atoms with Gasteiger partial charge in [-0.15, -0.1) is 0 Å². The molecule has 0 saturated carbocycles. The lowest BCUT2D eigenvalue weighted by Crippen LogP contribution is -2.32. The van der Waals surface area contributed by atoms with Gasteiger partial charge < -0.3 is 19.1 Å². The lowest BCUT2D eigenvalue weighted by molar-refractivity contribution is 0.0723. The maximum atomic E-state index is 13.3. The van der Waals surface area contributed by atoms with Crippen LogP contribution >= 0.6 is 0 Å². The smallest absolute Gasteiger partial charge is 0.254 e. The first-order valence-corrected chi connectivity index (χ1v) is 10.4. The van der Waals surface area contributed by atoms with Gasteiger partial charge >= 0.3 is 0 Å². The predicted molar refractivity (Wildman–Crippen MR) is 112 cm³/mol. The lowest BCUT2D eigenvalue weighted by Gasteiger charge is -2.23. The number of nitrogens with zero attached hydrogens (tertiary/aromatic N) is 1. The Morgan fingerprint density at radius 3 is 2.38 bits per heavy atom.